The number of carbonyl (C=O) groups excluding carboxylic acids is 1. The molecule has 7 heteroatoms. The zero-order valence-electron chi connectivity index (χ0n) is 14.3. The molecule has 1 aliphatic rings. The molecule has 1 aromatic carbocycles. The van der Waals surface area contributed by atoms with Crippen LogP contribution >= 0.6 is 0 Å². The van der Waals surface area contributed by atoms with Gasteiger partial charge in [-0.05, 0) is 37.1 Å². The highest BCUT2D eigenvalue weighted by molar-refractivity contribution is 5.95. The topological polar surface area (TPSA) is 42.4 Å². The fraction of sp³-hybridized carbons (Fsp3) is 0.368. The Balaban J connectivity index is 1.91. The average Bonchev–Trinajstić information content (AvgIpc) is 2.67. The van der Waals surface area contributed by atoms with Crippen molar-refractivity contribution in [3.63, 3.8) is 0 Å². The second-order valence-corrected chi connectivity index (χ2v) is 6.23. The maximum atomic E-state index is 13.2. The monoisotopic (exact) mass is 364 g/mol. The van der Waals surface area contributed by atoms with Crippen LogP contribution in [0.2, 0.25) is 0 Å². The Hall–Kier alpha value is -2.41. The van der Waals surface area contributed by atoms with Crippen molar-refractivity contribution >= 4 is 5.91 Å². The van der Waals surface area contributed by atoms with Gasteiger partial charge in [-0.25, -0.2) is 0 Å². The SMILES string of the molecule is CO[C@@H]1CCCN(C(=O)c2cccc(-c3ncccc3C(F)(F)F)c2)C1. The Bertz CT molecular complexity index is 792. The van der Waals surface area contributed by atoms with Gasteiger partial charge in [-0.15, -0.1) is 0 Å². The van der Waals surface area contributed by atoms with Gasteiger partial charge in [0.2, 0.25) is 0 Å². The van der Waals surface area contributed by atoms with Crippen molar-refractivity contribution in [1.29, 1.82) is 0 Å². The Kier molecular flexibility index (Phi) is 5.27. The molecule has 2 heterocycles. The van der Waals surface area contributed by atoms with Crippen LogP contribution in [-0.4, -0.2) is 42.1 Å². The van der Waals surface area contributed by atoms with Crippen LogP contribution in [0.15, 0.2) is 42.6 Å². The van der Waals surface area contributed by atoms with Crippen molar-refractivity contribution in [1.82, 2.24) is 9.88 Å². The third-order valence-corrected chi connectivity index (χ3v) is 4.49. The highest BCUT2D eigenvalue weighted by Gasteiger charge is 2.34. The summed E-state index contributed by atoms with van der Waals surface area (Å²) in [4.78, 5) is 18.3. The third-order valence-electron chi connectivity index (χ3n) is 4.49. The van der Waals surface area contributed by atoms with E-state index in [2.05, 4.69) is 4.98 Å². The molecule has 26 heavy (non-hydrogen) atoms. The Morgan fingerprint density at radius 2 is 2.08 bits per heavy atom. The highest BCUT2D eigenvalue weighted by atomic mass is 19.4. The van der Waals surface area contributed by atoms with E-state index < -0.39 is 11.7 Å². The normalized spacial score (nSPS) is 18.0. The minimum atomic E-state index is -4.51. The lowest BCUT2D eigenvalue weighted by Gasteiger charge is -2.32. The molecule has 0 unspecified atom stereocenters. The van der Waals surface area contributed by atoms with Gasteiger partial charge in [0.15, 0.2) is 0 Å². The van der Waals surface area contributed by atoms with E-state index in [-0.39, 0.29) is 23.3 Å². The largest absolute Gasteiger partial charge is 0.418 e. The number of benzene rings is 1. The second-order valence-electron chi connectivity index (χ2n) is 6.23. The number of ether oxygens (including phenoxy) is 1. The van der Waals surface area contributed by atoms with Crippen molar-refractivity contribution in [2.75, 3.05) is 20.2 Å². The molecule has 1 atom stereocenters. The van der Waals surface area contributed by atoms with Gasteiger partial charge in [-0.1, -0.05) is 12.1 Å². The lowest BCUT2D eigenvalue weighted by atomic mass is 10.0. The van der Waals surface area contributed by atoms with Crippen molar-refractivity contribution in [3.8, 4) is 11.3 Å². The summed E-state index contributed by atoms with van der Waals surface area (Å²) in [5, 5.41) is 0. The number of rotatable bonds is 3. The van der Waals surface area contributed by atoms with Crippen LogP contribution in [0.5, 0.6) is 0 Å². The zero-order valence-corrected chi connectivity index (χ0v) is 14.3. The van der Waals surface area contributed by atoms with E-state index in [4.69, 9.17) is 4.74 Å². The maximum absolute atomic E-state index is 13.2. The summed E-state index contributed by atoms with van der Waals surface area (Å²) in [5.41, 5.74) is -0.382. The van der Waals surface area contributed by atoms with Crippen LogP contribution in [0.1, 0.15) is 28.8 Å². The number of likely N-dealkylation sites (tertiary alicyclic amines) is 1. The summed E-state index contributed by atoms with van der Waals surface area (Å²) in [6.45, 7) is 1.09. The summed E-state index contributed by atoms with van der Waals surface area (Å²) >= 11 is 0. The van der Waals surface area contributed by atoms with E-state index in [0.717, 1.165) is 18.9 Å². The van der Waals surface area contributed by atoms with Gasteiger partial charge in [0.25, 0.3) is 5.91 Å². The maximum Gasteiger partial charge on any atom is 0.418 e. The number of methoxy groups -OCH3 is 1. The van der Waals surface area contributed by atoms with Gasteiger partial charge in [0.05, 0.1) is 17.4 Å². The summed E-state index contributed by atoms with van der Waals surface area (Å²) in [6, 6.07) is 8.43. The summed E-state index contributed by atoms with van der Waals surface area (Å²) < 4.78 is 45.0. The highest BCUT2D eigenvalue weighted by Crippen LogP contribution is 2.35. The van der Waals surface area contributed by atoms with E-state index in [9.17, 15) is 18.0 Å². The van der Waals surface area contributed by atoms with Gasteiger partial charge >= 0.3 is 6.18 Å². The molecule has 0 spiro atoms. The molecule has 0 bridgehead atoms. The van der Waals surface area contributed by atoms with Gasteiger partial charge in [0, 0.05) is 37.5 Å². The fourth-order valence-corrected chi connectivity index (χ4v) is 3.16. The van der Waals surface area contributed by atoms with Crippen molar-refractivity contribution in [2.24, 2.45) is 0 Å². The van der Waals surface area contributed by atoms with Crippen LogP contribution in [0.25, 0.3) is 11.3 Å². The van der Waals surface area contributed by atoms with Crippen LogP contribution in [0.4, 0.5) is 13.2 Å². The number of amides is 1. The quantitative estimate of drug-likeness (QED) is 0.826. The first kappa shape index (κ1) is 18.4. The molecule has 0 saturated carbocycles. The minimum absolute atomic E-state index is 0.0106. The minimum Gasteiger partial charge on any atom is -0.380 e. The van der Waals surface area contributed by atoms with Crippen LogP contribution < -0.4 is 0 Å². The lowest BCUT2D eigenvalue weighted by molar-refractivity contribution is -0.137. The zero-order chi connectivity index (χ0) is 18.7. The molecule has 138 valence electrons. The predicted octanol–water partition coefficient (Wildman–Crippen LogP) is 4.02. The summed E-state index contributed by atoms with van der Waals surface area (Å²) in [6.07, 6.45) is -1.48. The Morgan fingerprint density at radius 3 is 2.81 bits per heavy atom. The predicted molar refractivity (Wildman–Crippen MR) is 90.6 cm³/mol. The molecule has 1 aromatic heterocycles. The molecule has 1 amide bonds. The van der Waals surface area contributed by atoms with Crippen molar-refractivity contribution in [3.05, 3.63) is 53.7 Å². The molecule has 1 aliphatic heterocycles. The molecule has 0 radical (unpaired) electrons. The molecule has 2 aromatic rings. The number of hydrogen-bond acceptors (Lipinski definition) is 3. The first-order valence-corrected chi connectivity index (χ1v) is 8.35. The molecule has 0 aliphatic carbocycles. The number of pyridine rings is 1. The number of hydrogen-bond donors (Lipinski definition) is 0. The van der Waals surface area contributed by atoms with Gasteiger partial charge < -0.3 is 9.64 Å². The standard InChI is InChI=1S/C19H19F3N2O2/c1-26-15-7-4-10-24(12-15)18(25)14-6-2-5-13(11-14)17-16(19(20,21)22)8-3-9-23-17/h2-3,5-6,8-9,11,15H,4,7,10,12H2,1H3/t15-/m1/s1. The van der Waals surface area contributed by atoms with Crippen molar-refractivity contribution < 1.29 is 22.7 Å². The van der Waals surface area contributed by atoms with Gasteiger partial charge in [-0.2, -0.15) is 13.2 Å². The van der Waals surface area contributed by atoms with E-state index >= 15 is 0 Å². The van der Waals surface area contributed by atoms with Gasteiger partial charge in [-0.3, -0.25) is 9.78 Å². The molecule has 1 saturated heterocycles. The van der Waals surface area contributed by atoms with Gasteiger partial charge in [0.1, 0.15) is 0 Å². The van der Waals surface area contributed by atoms with Crippen LogP contribution in [0, 0.1) is 0 Å². The van der Waals surface area contributed by atoms with Crippen LogP contribution in [-0.2, 0) is 10.9 Å². The Morgan fingerprint density at radius 1 is 1.27 bits per heavy atom. The Labute approximate surface area is 149 Å². The van der Waals surface area contributed by atoms with Crippen LogP contribution in [0.3, 0.4) is 0 Å². The summed E-state index contributed by atoms with van der Waals surface area (Å²) in [7, 11) is 1.61. The van der Waals surface area contributed by atoms with E-state index in [1.807, 2.05) is 0 Å². The number of piperidine rings is 1. The number of nitrogens with zero attached hydrogens (tertiary/aromatic N) is 2. The summed E-state index contributed by atoms with van der Waals surface area (Å²) in [5.74, 6) is -0.210. The number of aromatic nitrogens is 1. The molecule has 1 fully saturated rings. The number of alkyl halides is 3. The molecule has 4 nitrogen and oxygen atoms in total. The third kappa shape index (κ3) is 3.88. The smallest absolute Gasteiger partial charge is 0.380 e. The molecular weight excluding hydrogens is 345 g/mol. The second kappa shape index (κ2) is 7.45. The first-order valence-electron chi connectivity index (χ1n) is 8.35. The molecule has 3 rings (SSSR count). The van der Waals surface area contributed by atoms with Crippen molar-refractivity contribution in [2.45, 2.75) is 25.1 Å². The number of halogens is 3. The van der Waals surface area contributed by atoms with E-state index in [0.29, 0.717) is 18.7 Å². The molecular formula is C19H19F3N2O2. The van der Waals surface area contributed by atoms with E-state index in [1.165, 1.54) is 24.4 Å². The first-order chi connectivity index (χ1) is 12.4. The lowest BCUT2D eigenvalue weighted by Crippen LogP contribution is -2.42. The molecule has 0 N–H and O–H groups in total. The number of carbonyl (C=O) groups is 1. The fourth-order valence-electron chi connectivity index (χ4n) is 3.16. The average molecular weight is 364 g/mol. The van der Waals surface area contributed by atoms with E-state index in [1.54, 1.807) is 24.1 Å².